The van der Waals surface area contributed by atoms with Crippen molar-refractivity contribution in [1.29, 1.82) is 0 Å². The van der Waals surface area contributed by atoms with Crippen LogP contribution in [0.3, 0.4) is 0 Å². The Morgan fingerprint density at radius 2 is 1.72 bits per heavy atom. The molecular weight excluding hydrogens is 623 g/mol. The van der Waals surface area contributed by atoms with Crippen molar-refractivity contribution in [3.05, 3.63) is 82.6 Å². The number of carbonyl (C=O) groups excluding carboxylic acids is 1. The van der Waals surface area contributed by atoms with Crippen molar-refractivity contribution in [2.24, 2.45) is 0 Å². The molecule has 2 aromatic carbocycles. The van der Waals surface area contributed by atoms with Gasteiger partial charge in [0.15, 0.2) is 0 Å². The second-order valence-electron chi connectivity index (χ2n) is 11.4. The molecule has 1 amide bonds. The molecule has 2 saturated heterocycles. The van der Waals surface area contributed by atoms with E-state index < -0.39 is 46.8 Å². The van der Waals surface area contributed by atoms with Gasteiger partial charge < -0.3 is 19.5 Å². The molecule has 0 spiro atoms. The number of hydrogen-bond donors (Lipinski definition) is 2. The lowest BCUT2D eigenvalue weighted by Gasteiger charge is -2.41. The quantitative estimate of drug-likeness (QED) is 0.182. The Balaban J connectivity index is 1.36. The zero-order chi connectivity index (χ0) is 33.1. The van der Waals surface area contributed by atoms with Crippen LogP contribution in [0, 0.1) is 5.82 Å². The molecule has 8 nitrogen and oxygen atoms in total. The summed E-state index contributed by atoms with van der Waals surface area (Å²) in [5.41, 5.74) is 0.980. The number of carbonyl (C=O) groups is 1. The lowest BCUT2D eigenvalue weighted by atomic mass is 9.99. The number of halogens is 7. The number of allylic oxidation sites excluding steroid dienone is 1. The molecule has 0 radical (unpaired) electrons. The summed E-state index contributed by atoms with van der Waals surface area (Å²) in [6.07, 6.45) is -6.59. The number of aromatic nitrogens is 1. The van der Waals surface area contributed by atoms with Crippen LogP contribution in [-0.4, -0.2) is 90.7 Å². The molecule has 3 aromatic rings. The van der Waals surface area contributed by atoms with E-state index in [9.17, 15) is 35.5 Å². The van der Waals surface area contributed by atoms with E-state index in [1.807, 2.05) is 4.90 Å². The first-order valence-corrected chi connectivity index (χ1v) is 14.7. The van der Waals surface area contributed by atoms with Crippen LogP contribution in [-0.2, 0) is 28.3 Å². The predicted octanol–water partition coefficient (Wildman–Crippen LogP) is 5.43. The number of H-pyrrole nitrogens is 1. The molecule has 15 heteroatoms. The third-order valence-electron chi connectivity index (χ3n) is 8.02. The van der Waals surface area contributed by atoms with Crippen LogP contribution >= 0.6 is 0 Å². The van der Waals surface area contributed by atoms with Crippen molar-refractivity contribution < 1.29 is 45.1 Å². The summed E-state index contributed by atoms with van der Waals surface area (Å²) >= 11 is 0. The first-order valence-electron chi connectivity index (χ1n) is 14.7. The normalized spacial score (nSPS) is 18.8. The standard InChI is InChI=1S/C31H34F7N5O3/c1-20(40-46-11-8-41-6-9-45-10-7-41)18-42-4-5-43(26(19-42)14-22-17-39-28-3-2-25(32)16-27(22)28)29(44)21-12-23(30(33,34)35)15-24(13-21)31(36,37)38/h2-3,12-13,15-18,26,39-40H,4-11,14,19H2,1H3. The molecule has 5 rings (SSSR count). The minimum absolute atomic E-state index is 0.00369. The molecule has 1 unspecified atom stereocenters. The Kier molecular flexibility index (Phi) is 10.1. The number of alkyl halides is 6. The van der Waals surface area contributed by atoms with Gasteiger partial charge in [0.1, 0.15) is 5.82 Å². The van der Waals surface area contributed by atoms with Gasteiger partial charge in [0, 0.05) is 68.1 Å². The van der Waals surface area contributed by atoms with Crippen LogP contribution in [0.5, 0.6) is 0 Å². The number of ether oxygens (including phenoxy) is 1. The van der Waals surface area contributed by atoms with Crippen LogP contribution in [0.25, 0.3) is 10.9 Å². The van der Waals surface area contributed by atoms with Crippen molar-refractivity contribution in [2.45, 2.75) is 31.7 Å². The average molecular weight is 658 g/mol. The highest BCUT2D eigenvalue weighted by Gasteiger charge is 2.39. The van der Waals surface area contributed by atoms with E-state index in [1.54, 1.807) is 25.4 Å². The topological polar surface area (TPSA) is 73.1 Å². The zero-order valence-corrected chi connectivity index (χ0v) is 25.0. The summed E-state index contributed by atoms with van der Waals surface area (Å²) < 4.78 is 101. The number of nitrogens with zero attached hydrogens (tertiary/aromatic N) is 3. The molecule has 250 valence electrons. The first kappa shape index (κ1) is 33.5. The van der Waals surface area contributed by atoms with Gasteiger partial charge in [-0.25, -0.2) is 4.39 Å². The van der Waals surface area contributed by atoms with E-state index in [2.05, 4.69) is 15.4 Å². The summed E-state index contributed by atoms with van der Waals surface area (Å²) in [7, 11) is 0. The lowest BCUT2D eigenvalue weighted by molar-refractivity contribution is -0.143. The van der Waals surface area contributed by atoms with Gasteiger partial charge in [-0.1, -0.05) is 0 Å². The number of fused-ring (bicyclic) bond motifs is 1. The van der Waals surface area contributed by atoms with Crippen LogP contribution in [0.15, 0.2) is 54.5 Å². The molecule has 3 heterocycles. The third-order valence-corrected chi connectivity index (χ3v) is 8.02. The minimum atomic E-state index is -5.10. The number of piperazine rings is 1. The Morgan fingerprint density at radius 1 is 1.02 bits per heavy atom. The van der Waals surface area contributed by atoms with E-state index in [0.717, 1.165) is 13.1 Å². The molecular formula is C31H34F7N5O3. The maximum atomic E-state index is 14.1. The fourth-order valence-electron chi connectivity index (χ4n) is 5.72. The second-order valence-corrected chi connectivity index (χ2v) is 11.4. The Labute approximate surface area is 260 Å². The monoisotopic (exact) mass is 657 g/mol. The molecule has 2 aliphatic rings. The number of benzene rings is 2. The van der Waals surface area contributed by atoms with Crippen LogP contribution in [0.4, 0.5) is 30.7 Å². The number of morpholine rings is 1. The van der Waals surface area contributed by atoms with Crippen LogP contribution in [0.1, 0.15) is 34.0 Å². The summed E-state index contributed by atoms with van der Waals surface area (Å²) in [5.74, 6) is -1.44. The largest absolute Gasteiger partial charge is 0.416 e. The van der Waals surface area contributed by atoms with E-state index in [0.29, 0.717) is 60.7 Å². The molecule has 2 fully saturated rings. The number of amides is 1. The fourth-order valence-corrected chi connectivity index (χ4v) is 5.72. The van der Waals surface area contributed by atoms with Crippen molar-refractivity contribution in [1.82, 2.24) is 25.2 Å². The number of hydrogen-bond acceptors (Lipinski definition) is 6. The van der Waals surface area contributed by atoms with Gasteiger partial charge in [-0.3, -0.25) is 20.0 Å². The number of rotatable bonds is 9. The van der Waals surface area contributed by atoms with Gasteiger partial charge in [-0.05, 0) is 55.3 Å². The first-order chi connectivity index (χ1) is 21.8. The summed E-state index contributed by atoms with van der Waals surface area (Å²) in [6, 6.07) is 4.39. The Bertz CT molecular complexity index is 1520. The third kappa shape index (κ3) is 8.30. The van der Waals surface area contributed by atoms with Gasteiger partial charge >= 0.3 is 12.4 Å². The molecule has 46 heavy (non-hydrogen) atoms. The van der Waals surface area contributed by atoms with E-state index in [4.69, 9.17) is 9.57 Å². The van der Waals surface area contributed by atoms with Gasteiger partial charge in [-0.2, -0.15) is 26.3 Å². The number of hydroxylamine groups is 1. The maximum absolute atomic E-state index is 14.1. The highest BCUT2D eigenvalue weighted by atomic mass is 19.4. The lowest BCUT2D eigenvalue weighted by Crippen LogP contribution is -2.54. The van der Waals surface area contributed by atoms with Crippen LogP contribution in [0.2, 0.25) is 0 Å². The van der Waals surface area contributed by atoms with Crippen molar-refractivity contribution >= 4 is 16.8 Å². The van der Waals surface area contributed by atoms with Crippen molar-refractivity contribution in [3.8, 4) is 0 Å². The molecule has 0 saturated carbocycles. The van der Waals surface area contributed by atoms with E-state index in [-0.39, 0.29) is 32.1 Å². The smallest absolute Gasteiger partial charge is 0.379 e. The highest BCUT2D eigenvalue weighted by molar-refractivity contribution is 5.95. The summed E-state index contributed by atoms with van der Waals surface area (Å²) in [6.45, 7) is 6.37. The van der Waals surface area contributed by atoms with Gasteiger partial charge in [0.25, 0.3) is 5.91 Å². The zero-order valence-electron chi connectivity index (χ0n) is 25.0. The second kappa shape index (κ2) is 13.9. The minimum Gasteiger partial charge on any atom is -0.379 e. The Morgan fingerprint density at radius 3 is 2.39 bits per heavy atom. The van der Waals surface area contributed by atoms with E-state index in [1.165, 1.54) is 17.0 Å². The molecule has 2 N–H and O–H groups in total. The average Bonchev–Trinajstić information content (AvgIpc) is 3.40. The molecule has 1 atom stereocenters. The highest BCUT2D eigenvalue weighted by Crippen LogP contribution is 2.37. The number of nitrogens with one attached hydrogen (secondary N) is 2. The van der Waals surface area contributed by atoms with Crippen molar-refractivity contribution in [2.75, 3.05) is 59.1 Å². The molecule has 2 aliphatic heterocycles. The van der Waals surface area contributed by atoms with E-state index >= 15 is 0 Å². The fraction of sp³-hybridized carbons (Fsp3) is 0.452. The van der Waals surface area contributed by atoms with Gasteiger partial charge in [0.05, 0.1) is 42.7 Å². The number of aromatic amines is 1. The van der Waals surface area contributed by atoms with Gasteiger partial charge in [0.2, 0.25) is 0 Å². The summed E-state index contributed by atoms with van der Waals surface area (Å²) in [4.78, 5) is 27.7. The SMILES string of the molecule is CC(=CN1CCN(C(=O)c2cc(C(F)(F)F)cc(C(F)(F)F)c2)C(Cc2c[nH]c3ccc(F)cc23)C1)NOCCN1CCOCC1. The molecule has 1 aromatic heterocycles. The molecule has 0 aliphatic carbocycles. The summed E-state index contributed by atoms with van der Waals surface area (Å²) in [5, 5.41) is 0.560. The predicted molar refractivity (Wildman–Crippen MR) is 155 cm³/mol. The molecule has 0 bridgehead atoms. The van der Waals surface area contributed by atoms with Gasteiger partial charge in [-0.15, -0.1) is 0 Å². The van der Waals surface area contributed by atoms with Crippen molar-refractivity contribution in [3.63, 3.8) is 0 Å². The maximum Gasteiger partial charge on any atom is 0.416 e. The Hall–Kier alpha value is -3.82. The van der Waals surface area contributed by atoms with Crippen LogP contribution < -0.4 is 5.48 Å².